The van der Waals surface area contributed by atoms with Gasteiger partial charge in [0, 0.05) is 18.8 Å². The van der Waals surface area contributed by atoms with Gasteiger partial charge in [-0.3, -0.25) is 4.79 Å². The molecule has 1 N–H and O–H groups in total. The molecule has 1 saturated heterocycles. The highest BCUT2D eigenvalue weighted by Crippen LogP contribution is 2.24. The predicted molar refractivity (Wildman–Crippen MR) is 107 cm³/mol. The van der Waals surface area contributed by atoms with Crippen LogP contribution in [0.3, 0.4) is 0 Å². The van der Waals surface area contributed by atoms with Crippen molar-refractivity contribution in [2.24, 2.45) is 5.92 Å². The van der Waals surface area contributed by atoms with Gasteiger partial charge in [-0.1, -0.05) is 31.2 Å². The highest BCUT2D eigenvalue weighted by Gasteiger charge is 2.27. The standard InChI is InChI=1S/C21H26N2O3S/c1-16-11-13-23(14-12-16)27(25,26)20-9-7-19(8-10-20)22-21(24)15-18-6-4-3-5-17(18)2/h3-10,16H,11-15H2,1-2H3,(H,22,24). The Morgan fingerprint density at radius 1 is 1.07 bits per heavy atom. The normalized spacial score (nSPS) is 16.2. The number of carbonyl (C=O) groups is 1. The number of sulfonamides is 1. The van der Waals surface area contributed by atoms with E-state index < -0.39 is 10.0 Å². The molecule has 1 aliphatic rings. The van der Waals surface area contributed by atoms with E-state index >= 15 is 0 Å². The van der Waals surface area contributed by atoms with Crippen LogP contribution < -0.4 is 5.32 Å². The number of hydrogen-bond acceptors (Lipinski definition) is 3. The first-order chi connectivity index (χ1) is 12.9. The van der Waals surface area contributed by atoms with Crippen LogP contribution in [0.25, 0.3) is 0 Å². The Kier molecular flexibility index (Phi) is 5.97. The van der Waals surface area contributed by atoms with Crippen molar-refractivity contribution in [3.63, 3.8) is 0 Å². The lowest BCUT2D eigenvalue weighted by atomic mass is 10.0. The molecule has 1 amide bonds. The van der Waals surface area contributed by atoms with Gasteiger partial charge in [0.2, 0.25) is 15.9 Å². The SMILES string of the molecule is Cc1ccccc1CC(=O)Nc1ccc(S(=O)(=O)N2CCC(C)CC2)cc1. The number of nitrogens with zero attached hydrogens (tertiary/aromatic N) is 1. The van der Waals surface area contributed by atoms with Crippen molar-refractivity contribution in [2.45, 2.75) is 38.0 Å². The molecule has 0 atom stereocenters. The van der Waals surface area contributed by atoms with Gasteiger partial charge >= 0.3 is 0 Å². The van der Waals surface area contributed by atoms with Gasteiger partial charge in [0.25, 0.3) is 0 Å². The molecule has 0 unspecified atom stereocenters. The van der Waals surface area contributed by atoms with Crippen molar-refractivity contribution in [3.8, 4) is 0 Å². The Bertz CT molecular complexity index is 899. The van der Waals surface area contributed by atoms with Crippen LogP contribution in [-0.4, -0.2) is 31.7 Å². The quantitative estimate of drug-likeness (QED) is 0.854. The molecule has 6 heteroatoms. The van der Waals surface area contributed by atoms with E-state index in [4.69, 9.17) is 0 Å². The van der Waals surface area contributed by atoms with Gasteiger partial charge in [-0.2, -0.15) is 4.31 Å². The monoisotopic (exact) mass is 386 g/mol. The molecule has 1 heterocycles. The van der Waals surface area contributed by atoms with E-state index in [0.717, 1.165) is 24.0 Å². The zero-order valence-electron chi connectivity index (χ0n) is 15.8. The second kappa shape index (κ2) is 8.23. The molecule has 0 spiro atoms. The number of amides is 1. The maximum Gasteiger partial charge on any atom is 0.243 e. The number of hydrogen-bond donors (Lipinski definition) is 1. The molecule has 5 nitrogen and oxygen atoms in total. The smallest absolute Gasteiger partial charge is 0.243 e. The van der Waals surface area contributed by atoms with Crippen molar-refractivity contribution in [1.29, 1.82) is 0 Å². The predicted octanol–water partition coefficient (Wildman–Crippen LogP) is 3.60. The molecule has 0 saturated carbocycles. The van der Waals surface area contributed by atoms with Crippen LogP contribution in [0.1, 0.15) is 30.9 Å². The molecular weight excluding hydrogens is 360 g/mol. The van der Waals surface area contributed by atoms with Crippen LogP contribution in [0.4, 0.5) is 5.69 Å². The van der Waals surface area contributed by atoms with Crippen LogP contribution in [0.2, 0.25) is 0 Å². The molecule has 3 rings (SSSR count). The van der Waals surface area contributed by atoms with E-state index in [-0.39, 0.29) is 10.8 Å². The Balaban J connectivity index is 1.65. The van der Waals surface area contributed by atoms with Crippen molar-refractivity contribution >= 4 is 21.6 Å². The van der Waals surface area contributed by atoms with Gasteiger partial charge in [-0.25, -0.2) is 8.42 Å². The zero-order valence-corrected chi connectivity index (χ0v) is 16.6. The molecule has 144 valence electrons. The second-order valence-corrected chi connectivity index (χ2v) is 9.20. The summed E-state index contributed by atoms with van der Waals surface area (Å²) >= 11 is 0. The molecule has 0 aliphatic carbocycles. The first kappa shape index (κ1) is 19.6. The largest absolute Gasteiger partial charge is 0.326 e. The summed E-state index contributed by atoms with van der Waals surface area (Å²) in [4.78, 5) is 12.5. The number of nitrogens with one attached hydrogen (secondary N) is 1. The van der Waals surface area contributed by atoms with E-state index in [1.165, 1.54) is 0 Å². The number of rotatable bonds is 5. The van der Waals surface area contributed by atoms with Crippen LogP contribution >= 0.6 is 0 Å². The van der Waals surface area contributed by atoms with Crippen molar-refractivity contribution < 1.29 is 13.2 Å². The molecule has 2 aromatic carbocycles. The van der Waals surface area contributed by atoms with Crippen LogP contribution in [0, 0.1) is 12.8 Å². The molecule has 0 radical (unpaired) electrons. The topological polar surface area (TPSA) is 66.5 Å². The average Bonchev–Trinajstić information content (AvgIpc) is 2.64. The van der Waals surface area contributed by atoms with Gasteiger partial charge in [-0.05, 0) is 61.1 Å². The van der Waals surface area contributed by atoms with Gasteiger partial charge in [0.15, 0.2) is 0 Å². The van der Waals surface area contributed by atoms with Gasteiger partial charge in [0.1, 0.15) is 0 Å². The summed E-state index contributed by atoms with van der Waals surface area (Å²) in [7, 11) is -3.46. The zero-order chi connectivity index (χ0) is 19.4. The summed E-state index contributed by atoms with van der Waals surface area (Å²) in [5, 5.41) is 2.83. The highest BCUT2D eigenvalue weighted by molar-refractivity contribution is 7.89. The first-order valence-electron chi connectivity index (χ1n) is 9.31. The van der Waals surface area contributed by atoms with E-state index in [1.54, 1.807) is 28.6 Å². The average molecular weight is 387 g/mol. The molecule has 0 bridgehead atoms. The number of piperidine rings is 1. The Morgan fingerprint density at radius 2 is 1.70 bits per heavy atom. The number of carbonyl (C=O) groups excluding carboxylic acids is 1. The number of benzene rings is 2. The van der Waals surface area contributed by atoms with Crippen LogP contribution in [0.5, 0.6) is 0 Å². The van der Waals surface area contributed by atoms with Crippen molar-refractivity contribution in [2.75, 3.05) is 18.4 Å². The molecule has 0 aromatic heterocycles. The maximum absolute atomic E-state index is 12.7. The van der Waals surface area contributed by atoms with Crippen molar-refractivity contribution in [1.82, 2.24) is 4.31 Å². The van der Waals surface area contributed by atoms with Crippen LogP contribution in [0.15, 0.2) is 53.4 Å². The molecule has 1 fully saturated rings. The number of aryl methyl sites for hydroxylation is 1. The fourth-order valence-corrected chi connectivity index (χ4v) is 4.74. The summed E-state index contributed by atoms with van der Waals surface area (Å²) in [6, 6.07) is 14.2. The summed E-state index contributed by atoms with van der Waals surface area (Å²) in [5.41, 5.74) is 2.65. The molecule has 1 aliphatic heterocycles. The summed E-state index contributed by atoms with van der Waals surface area (Å²) in [6.07, 6.45) is 2.08. The van der Waals surface area contributed by atoms with E-state index in [2.05, 4.69) is 12.2 Å². The van der Waals surface area contributed by atoms with E-state index in [1.807, 2.05) is 31.2 Å². The third kappa shape index (κ3) is 4.76. The Hall–Kier alpha value is -2.18. The lowest BCUT2D eigenvalue weighted by Crippen LogP contribution is -2.37. The minimum absolute atomic E-state index is 0.120. The third-order valence-corrected chi connectivity index (χ3v) is 7.04. The highest BCUT2D eigenvalue weighted by atomic mass is 32.2. The van der Waals surface area contributed by atoms with Gasteiger partial charge in [-0.15, -0.1) is 0 Å². The molecule has 2 aromatic rings. The van der Waals surface area contributed by atoms with Crippen LogP contribution in [-0.2, 0) is 21.2 Å². The second-order valence-electron chi connectivity index (χ2n) is 7.26. The minimum atomic E-state index is -3.46. The Labute approximate surface area is 161 Å². The maximum atomic E-state index is 12.7. The molecule has 27 heavy (non-hydrogen) atoms. The summed E-state index contributed by atoms with van der Waals surface area (Å²) in [5.74, 6) is 0.451. The molecular formula is C21H26N2O3S. The fraction of sp³-hybridized carbons (Fsp3) is 0.381. The Morgan fingerprint density at radius 3 is 2.33 bits per heavy atom. The summed E-state index contributed by atoms with van der Waals surface area (Å²) in [6.45, 7) is 5.26. The first-order valence-corrected chi connectivity index (χ1v) is 10.7. The van der Waals surface area contributed by atoms with E-state index in [9.17, 15) is 13.2 Å². The van der Waals surface area contributed by atoms with E-state index in [0.29, 0.717) is 31.1 Å². The lowest BCUT2D eigenvalue weighted by Gasteiger charge is -2.29. The third-order valence-electron chi connectivity index (χ3n) is 5.13. The summed E-state index contributed by atoms with van der Waals surface area (Å²) < 4.78 is 27.0. The minimum Gasteiger partial charge on any atom is -0.326 e. The van der Waals surface area contributed by atoms with Gasteiger partial charge < -0.3 is 5.32 Å². The van der Waals surface area contributed by atoms with Gasteiger partial charge in [0.05, 0.1) is 11.3 Å². The fourth-order valence-electron chi connectivity index (χ4n) is 3.27. The van der Waals surface area contributed by atoms with Crippen molar-refractivity contribution in [3.05, 3.63) is 59.7 Å². The number of anilines is 1. The lowest BCUT2D eigenvalue weighted by molar-refractivity contribution is -0.115.